The summed E-state index contributed by atoms with van der Waals surface area (Å²) in [6.45, 7) is 0. The van der Waals surface area contributed by atoms with Gasteiger partial charge in [-0.25, -0.2) is 4.98 Å². The number of aliphatic hydroxyl groups excluding tert-OH is 1. The number of carbonyl (C=O) groups is 2. The molecule has 4 rings (SSSR count). The third-order valence-corrected chi connectivity index (χ3v) is 5.73. The lowest BCUT2D eigenvalue weighted by Gasteiger charge is -2.23. The number of hydrogen-bond donors (Lipinski definition) is 2. The monoisotopic (exact) mass is 442 g/mol. The van der Waals surface area contributed by atoms with Gasteiger partial charge in [-0.15, -0.1) is 11.3 Å². The molecule has 0 aliphatic carbocycles. The van der Waals surface area contributed by atoms with E-state index in [9.17, 15) is 19.8 Å². The highest BCUT2D eigenvalue weighted by atomic mass is 35.5. The van der Waals surface area contributed by atoms with Crippen LogP contribution in [0, 0.1) is 0 Å². The van der Waals surface area contributed by atoms with Crippen molar-refractivity contribution in [3.05, 3.63) is 75.8 Å². The first-order valence-corrected chi connectivity index (χ1v) is 10.0. The highest BCUT2D eigenvalue weighted by molar-refractivity contribution is 7.14. The normalized spacial score (nSPS) is 18.1. The molecule has 1 aliphatic rings. The lowest BCUT2D eigenvalue weighted by Crippen LogP contribution is -2.29. The molecule has 7 nitrogen and oxygen atoms in total. The number of hydrogen-bond acceptors (Lipinski definition) is 7. The van der Waals surface area contributed by atoms with Crippen LogP contribution in [0.4, 0.5) is 5.13 Å². The van der Waals surface area contributed by atoms with Gasteiger partial charge >= 0.3 is 5.91 Å². The Morgan fingerprint density at radius 2 is 1.93 bits per heavy atom. The summed E-state index contributed by atoms with van der Waals surface area (Å²) in [5.74, 6) is -1.90. The number of phenols is 1. The Kier molecular flexibility index (Phi) is 5.19. The number of ether oxygens (including phenoxy) is 1. The van der Waals surface area contributed by atoms with Crippen LogP contribution >= 0.6 is 22.9 Å². The van der Waals surface area contributed by atoms with E-state index in [1.165, 1.54) is 41.7 Å². The topological polar surface area (TPSA) is 100.0 Å². The molecule has 9 heteroatoms. The lowest BCUT2D eigenvalue weighted by molar-refractivity contribution is -0.132. The van der Waals surface area contributed by atoms with Crippen molar-refractivity contribution in [3.8, 4) is 11.5 Å². The smallest absolute Gasteiger partial charge is 0.301 e. The minimum atomic E-state index is -0.957. The van der Waals surface area contributed by atoms with Gasteiger partial charge in [0.1, 0.15) is 5.76 Å². The first-order chi connectivity index (χ1) is 14.4. The molecule has 3 aromatic rings. The summed E-state index contributed by atoms with van der Waals surface area (Å²) in [4.78, 5) is 31.3. The first-order valence-electron chi connectivity index (χ1n) is 8.75. The summed E-state index contributed by atoms with van der Waals surface area (Å²) >= 11 is 7.11. The van der Waals surface area contributed by atoms with Gasteiger partial charge in [-0.05, 0) is 42.0 Å². The van der Waals surface area contributed by atoms with E-state index in [1.54, 1.807) is 35.7 Å². The molecule has 1 aliphatic heterocycles. The molecule has 0 unspecified atom stereocenters. The number of carbonyl (C=O) groups excluding carboxylic acids is 2. The molecular weight excluding hydrogens is 428 g/mol. The number of halogens is 1. The Morgan fingerprint density at radius 1 is 1.20 bits per heavy atom. The number of benzene rings is 2. The largest absolute Gasteiger partial charge is 0.507 e. The molecule has 2 N–H and O–H groups in total. The molecule has 1 fully saturated rings. The molecule has 152 valence electrons. The van der Waals surface area contributed by atoms with Gasteiger partial charge in [-0.1, -0.05) is 17.7 Å². The van der Waals surface area contributed by atoms with Crippen molar-refractivity contribution < 1.29 is 24.5 Å². The zero-order chi connectivity index (χ0) is 21.4. The number of phenolic OH excluding ortho intramolecular Hbond substituents is 1. The van der Waals surface area contributed by atoms with Crippen molar-refractivity contribution in [3.63, 3.8) is 0 Å². The average molecular weight is 443 g/mol. The number of aromatic hydroxyl groups is 1. The summed E-state index contributed by atoms with van der Waals surface area (Å²) in [6, 6.07) is 9.79. The van der Waals surface area contributed by atoms with Gasteiger partial charge in [-0.3, -0.25) is 14.5 Å². The second-order valence-corrected chi connectivity index (χ2v) is 7.73. The van der Waals surface area contributed by atoms with E-state index < -0.39 is 17.7 Å². The summed E-state index contributed by atoms with van der Waals surface area (Å²) in [5.41, 5.74) is 0.715. The van der Waals surface area contributed by atoms with E-state index in [-0.39, 0.29) is 22.8 Å². The summed E-state index contributed by atoms with van der Waals surface area (Å²) in [5, 5.41) is 23.4. The predicted molar refractivity (Wildman–Crippen MR) is 113 cm³/mol. The van der Waals surface area contributed by atoms with E-state index in [0.717, 1.165) is 0 Å². The molecule has 2 heterocycles. The van der Waals surface area contributed by atoms with Gasteiger partial charge in [0.2, 0.25) is 0 Å². The Labute approximate surface area is 180 Å². The van der Waals surface area contributed by atoms with Crippen LogP contribution in [0.15, 0.2) is 59.6 Å². The first kappa shape index (κ1) is 19.9. The lowest BCUT2D eigenvalue weighted by atomic mass is 9.95. The standard InChI is InChI=1S/C21H15ClN2O5S/c1-29-15-10-12(4-7-14(15)25)17-16(18(26)11-2-5-13(22)6-3-11)19(27)20(28)24(17)21-23-8-9-30-21/h2-10,17,25-26H,1H3/b18-16+/t17-/m0/s1. The maximum atomic E-state index is 13.0. The molecule has 30 heavy (non-hydrogen) atoms. The van der Waals surface area contributed by atoms with Crippen LogP contribution in [0.5, 0.6) is 11.5 Å². The van der Waals surface area contributed by atoms with Gasteiger partial charge in [0.25, 0.3) is 5.78 Å². The van der Waals surface area contributed by atoms with E-state index in [2.05, 4.69) is 4.98 Å². The minimum absolute atomic E-state index is 0.0923. The molecule has 0 radical (unpaired) electrons. The van der Waals surface area contributed by atoms with Crippen LogP contribution < -0.4 is 9.64 Å². The number of Topliss-reactive ketones (excluding diaryl/α,β-unsaturated/α-hetero) is 1. The fraction of sp³-hybridized carbons (Fsp3) is 0.0952. The van der Waals surface area contributed by atoms with Crippen molar-refractivity contribution in [2.75, 3.05) is 12.0 Å². The van der Waals surface area contributed by atoms with Crippen molar-refractivity contribution in [1.82, 2.24) is 4.98 Å². The zero-order valence-corrected chi connectivity index (χ0v) is 17.1. The highest BCUT2D eigenvalue weighted by Gasteiger charge is 2.48. The SMILES string of the molecule is COc1cc([C@H]2/C(=C(\O)c3ccc(Cl)cc3)C(=O)C(=O)N2c2nccs2)ccc1O. The molecule has 0 saturated carbocycles. The number of amides is 1. The van der Waals surface area contributed by atoms with Crippen LogP contribution in [0.3, 0.4) is 0 Å². The average Bonchev–Trinajstić information content (AvgIpc) is 3.35. The summed E-state index contributed by atoms with van der Waals surface area (Å²) in [7, 11) is 1.39. The van der Waals surface area contributed by atoms with E-state index in [0.29, 0.717) is 21.3 Å². The maximum Gasteiger partial charge on any atom is 0.301 e. The second kappa shape index (κ2) is 7.81. The number of aromatic nitrogens is 1. The minimum Gasteiger partial charge on any atom is -0.507 e. The third kappa shape index (κ3) is 3.30. The molecule has 0 bridgehead atoms. The second-order valence-electron chi connectivity index (χ2n) is 6.42. The van der Waals surface area contributed by atoms with Gasteiger partial charge in [0, 0.05) is 22.2 Å². The Hall–Kier alpha value is -3.36. The number of rotatable bonds is 4. The molecular formula is C21H15ClN2O5S. The van der Waals surface area contributed by atoms with Gasteiger partial charge in [0.05, 0.1) is 18.7 Å². The zero-order valence-electron chi connectivity index (χ0n) is 15.6. The predicted octanol–water partition coefficient (Wildman–Crippen LogP) is 4.14. The highest BCUT2D eigenvalue weighted by Crippen LogP contribution is 2.44. The van der Waals surface area contributed by atoms with Crippen molar-refractivity contribution in [2.24, 2.45) is 0 Å². The van der Waals surface area contributed by atoms with Crippen LogP contribution in [0.25, 0.3) is 5.76 Å². The fourth-order valence-corrected chi connectivity index (χ4v) is 4.10. The number of nitrogens with zero attached hydrogens (tertiary/aromatic N) is 2. The molecule has 0 spiro atoms. The fourth-order valence-electron chi connectivity index (χ4n) is 3.31. The van der Waals surface area contributed by atoms with E-state index >= 15 is 0 Å². The van der Waals surface area contributed by atoms with Crippen LogP contribution in [-0.2, 0) is 9.59 Å². The number of methoxy groups -OCH3 is 1. The summed E-state index contributed by atoms with van der Waals surface area (Å²) in [6.07, 6.45) is 1.52. The van der Waals surface area contributed by atoms with Crippen molar-refractivity contribution >= 4 is 45.5 Å². The third-order valence-electron chi connectivity index (χ3n) is 4.71. The van der Waals surface area contributed by atoms with Gasteiger partial charge < -0.3 is 14.9 Å². The molecule has 1 atom stereocenters. The number of ketones is 1. The Morgan fingerprint density at radius 3 is 2.57 bits per heavy atom. The molecule has 1 saturated heterocycles. The number of thiazole rings is 1. The Balaban J connectivity index is 1.95. The molecule has 1 aromatic heterocycles. The molecule has 1 amide bonds. The van der Waals surface area contributed by atoms with Gasteiger partial charge in [0.15, 0.2) is 16.6 Å². The number of aliphatic hydroxyl groups is 1. The van der Waals surface area contributed by atoms with Crippen LogP contribution in [0.2, 0.25) is 5.02 Å². The molecule has 2 aromatic carbocycles. The maximum absolute atomic E-state index is 13.0. The summed E-state index contributed by atoms with van der Waals surface area (Å²) < 4.78 is 5.17. The number of anilines is 1. The Bertz CT molecular complexity index is 1160. The van der Waals surface area contributed by atoms with E-state index in [1.807, 2.05) is 0 Å². The van der Waals surface area contributed by atoms with E-state index in [4.69, 9.17) is 16.3 Å². The quantitative estimate of drug-likeness (QED) is 0.358. The van der Waals surface area contributed by atoms with Crippen LogP contribution in [-0.4, -0.2) is 34.0 Å². The van der Waals surface area contributed by atoms with Crippen molar-refractivity contribution in [1.29, 1.82) is 0 Å². The van der Waals surface area contributed by atoms with Crippen molar-refractivity contribution in [2.45, 2.75) is 6.04 Å². The van der Waals surface area contributed by atoms with Crippen LogP contribution in [0.1, 0.15) is 17.2 Å². The van der Waals surface area contributed by atoms with Gasteiger partial charge in [-0.2, -0.15) is 0 Å².